The fourth-order valence-electron chi connectivity index (χ4n) is 2.94. The number of ether oxygens (including phenoxy) is 1. The van der Waals surface area contributed by atoms with E-state index in [2.05, 4.69) is 29.3 Å². The summed E-state index contributed by atoms with van der Waals surface area (Å²) in [6, 6.07) is 15.5. The Hall–Kier alpha value is -2.11. The number of rotatable bonds is 5. The van der Waals surface area contributed by atoms with Crippen molar-refractivity contribution in [3.63, 3.8) is 0 Å². The highest BCUT2D eigenvalue weighted by atomic mass is 32.1. The molecule has 1 fully saturated rings. The van der Waals surface area contributed by atoms with Gasteiger partial charge < -0.3 is 20.1 Å². The van der Waals surface area contributed by atoms with E-state index in [-0.39, 0.29) is 11.9 Å². The third kappa shape index (κ3) is 4.94. The zero-order valence-electron chi connectivity index (χ0n) is 14.4. The zero-order valence-corrected chi connectivity index (χ0v) is 15.3. The molecule has 2 aromatic carbocycles. The minimum atomic E-state index is 0.184. The van der Waals surface area contributed by atoms with E-state index in [0.29, 0.717) is 18.2 Å². The first-order chi connectivity index (χ1) is 12.1. The normalized spacial score (nSPS) is 16.6. The summed E-state index contributed by atoms with van der Waals surface area (Å²) in [6.45, 7) is 4.13. The Morgan fingerprint density at radius 1 is 1.24 bits per heavy atom. The molecule has 132 valence electrons. The van der Waals surface area contributed by atoms with Gasteiger partial charge in [-0.25, -0.2) is 0 Å². The van der Waals surface area contributed by atoms with Gasteiger partial charge in [-0.1, -0.05) is 35.9 Å². The summed E-state index contributed by atoms with van der Waals surface area (Å²) < 4.78 is 5.78. The van der Waals surface area contributed by atoms with Crippen molar-refractivity contribution < 1.29 is 9.84 Å². The van der Waals surface area contributed by atoms with Crippen LogP contribution in [0.15, 0.2) is 48.5 Å². The minimum absolute atomic E-state index is 0.184. The van der Waals surface area contributed by atoms with Crippen LogP contribution < -0.4 is 5.32 Å². The topological polar surface area (TPSA) is 44.7 Å². The molecule has 0 aliphatic carbocycles. The summed E-state index contributed by atoms with van der Waals surface area (Å²) in [7, 11) is 0. The van der Waals surface area contributed by atoms with Gasteiger partial charge in [-0.2, -0.15) is 0 Å². The Labute approximate surface area is 154 Å². The number of hydrogen-bond donors (Lipinski definition) is 2. The van der Waals surface area contributed by atoms with Crippen LogP contribution in [0.1, 0.15) is 24.0 Å². The number of benzene rings is 2. The first-order valence-corrected chi connectivity index (χ1v) is 9.04. The molecule has 0 aromatic heterocycles. The fraction of sp³-hybridized carbons (Fsp3) is 0.350. The summed E-state index contributed by atoms with van der Waals surface area (Å²) in [4.78, 5) is 2.07. The molecule has 0 unspecified atom stereocenters. The molecule has 1 saturated heterocycles. The predicted octanol–water partition coefficient (Wildman–Crippen LogP) is 4.08. The molecule has 1 aliphatic rings. The van der Waals surface area contributed by atoms with Crippen molar-refractivity contribution in [2.75, 3.05) is 18.5 Å². The Morgan fingerprint density at radius 3 is 2.68 bits per heavy atom. The SMILES string of the molecule is Cc1ccc(NC(=S)N(Cc2ccccc2O)C[C@@H]2CCCO2)cc1. The second kappa shape index (κ2) is 8.32. The van der Waals surface area contributed by atoms with E-state index in [0.717, 1.165) is 30.7 Å². The van der Waals surface area contributed by atoms with Gasteiger partial charge in [-0.15, -0.1) is 0 Å². The average molecular weight is 356 g/mol. The maximum Gasteiger partial charge on any atom is 0.173 e. The highest BCUT2D eigenvalue weighted by Crippen LogP contribution is 2.21. The number of aromatic hydroxyl groups is 1. The maximum atomic E-state index is 10.1. The van der Waals surface area contributed by atoms with Gasteiger partial charge in [-0.3, -0.25) is 0 Å². The number of phenols is 1. The molecule has 1 aliphatic heterocycles. The lowest BCUT2D eigenvalue weighted by Crippen LogP contribution is -2.39. The lowest BCUT2D eigenvalue weighted by atomic mass is 10.1. The van der Waals surface area contributed by atoms with Gasteiger partial charge in [-0.05, 0) is 50.2 Å². The van der Waals surface area contributed by atoms with Gasteiger partial charge in [0.05, 0.1) is 6.10 Å². The van der Waals surface area contributed by atoms with Crippen LogP contribution in [-0.2, 0) is 11.3 Å². The highest BCUT2D eigenvalue weighted by molar-refractivity contribution is 7.80. The van der Waals surface area contributed by atoms with Gasteiger partial charge in [0.15, 0.2) is 5.11 Å². The smallest absolute Gasteiger partial charge is 0.173 e. The monoisotopic (exact) mass is 356 g/mol. The highest BCUT2D eigenvalue weighted by Gasteiger charge is 2.22. The van der Waals surface area contributed by atoms with Gasteiger partial charge in [0.2, 0.25) is 0 Å². The van der Waals surface area contributed by atoms with Crippen LogP contribution in [0.5, 0.6) is 5.75 Å². The quantitative estimate of drug-likeness (QED) is 0.791. The van der Waals surface area contributed by atoms with Crippen molar-refractivity contribution in [2.45, 2.75) is 32.4 Å². The third-order valence-electron chi connectivity index (χ3n) is 4.39. The van der Waals surface area contributed by atoms with Crippen molar-refractivity contribution in [3.8, 4) is 5.75 Å². The Balaban J connectivity index is 1.73. The van der Waals surface area contributed by atoms with Crippen molar-refractivity contribution in [2.24, 2.45) is 0 Å². The summed E-state index contributed by atoms with van der Waals surface area (Å²) >= 11 is 5.64. The molecule has 1 heterocycles. The van der Waals surface area contributed by atoms with E-state index in [1.807, 2.05) is 30.3 Å². The second-order valence-electron chi connectivity index (χ2n) is 6.44. The van der Waals surface area contributed by atoms with Crippen LogP contribution in [0.2, 0.25) is 0 Å². The molecule has 2 aromatic rings. The van der Waals surface area contributed by atoms with Crippen LogP contribution >= 0.6 is 12.2 Å². The van der Waals surface area contributed by atoms with Crippen LogP contribution in [0.3, 0.4) is 0 Å². The molecule has 0 amide bonds. The molecule has 2 N–H and O–H groups in total. The molecular weight excluding hydrogens is 332 g/mol. The molecule has 0 bridgehead atoms. The maximum absolute atomic E-state index is 10.1. The summed E-state index contributed by atoms with van der Waals surface area (Å²) in [6.07, 6.45) is 2.32. The van der Waals surface area contributed by atoms with Crippen LogP contribution in [0.25, 0.3) is 0 Å². The molecular formula is C20H24N2O2S. The minimum Gasteiger partial charge on any atom is -0.508 e. The van der Waals surface area contributed by atoms with Crippen molar-refractivity contribution in [1.82, 2.24) is 4.90 Å². The predicted molar refractivity (Wildman–Crippen MR) is 105 cm³/mol. The zero-order chi connectivity index (χ0) is 17.6. The Kier molecular flexibility index (Phi) is 5.89. The number of aryl methyl sites for hydroxylation is 1. The van der Waals surface area contributed by atoms with E-state index in [1.54, 1.807) is 6.07 Å². The van der Waals surface area contributed by atoms with Crippen LogP contribution in [0.4, 0.5) is 5.69 Å². The van der Waals surface area contributed by atoms with Gasteiger partial charge >= 0.3 is 0 Å². The van der Waals surface area contributed by atoms with Crippen LogP contribution in [-0.4, -0.2) is 34.4 Å². The number of nitrogens with one attached hydrogen (secondary N) is 1. The lowest BCUT2D eigenvalue weighted by molar-refractivity contribution is 0.0904. The number of thiocarbonyl (C=S) groups is 1. The number of hydrogen-bond acceptors (Lipinski definition) is 3. The van der Waals surface area contributed by atoms with Gasteiger partial charge in [0, 0.05) is 30.9 Å². The van der Waals surface area contributed by atoms with Gasteiger partial charge in [0.25, 0.3) is 0 Å². The summed E-state index contributed by atoms with van der Waals surface area (Å²) in [5.74, 6) is 0.290. The van der Waals surface area contributed by atoms with Gasteiger partial charge in [0.1, 0.15) is 5.75 Å². The average Bonchev–Trinajstić information content (AvgIpc) is 3.11. The standard InChI is InChI=1S/C20H24N2O2S/c1-15-8-10-17(11-9-15)21-20(25)22(14-18-6-4-12-24-18)13-16-5-2-3-7-19(16)23/h2-3,5,7-11,18,23H,4,6,12-14H2,1H3,(H,21,25)/t18-/m0/s1. The van der Waals surface area contributed by atoms with Crippen LogP contribution in [0, 0.1) is 6.92 Å². The number of nitrogens with zero attached hydrogens (tertiary/aromatic N) is 1. The molecule has 3 rings (SSSR count). The molecule has 25 heavy (non-hydrogen) atoms. The Morgan fingerprint density at radius 2 is 2.00 bits per heavy atom. The van der Waals surface area contributed by atoms with E-state index < -0.39 is 0 Å². The second-order valence-corrected chi connectivity index (χ2v) is 6.83. The first kappa shape index (κ1) is 17.7. The van der Waals surface area contributed by atoms with Crippen molar-refractivity contribution in [1.29, 1.82) is 0 Å². The molecule has 0 saturated carbocycles. The molecule has 0 spiro atoms. The van der Waals surface area contributed by atoms with E-state index in [4.69, 9.17) is 17.0 Å². The molecule has 1 atom stereocenters. The third-order valence-corrected chi connectivity index (χ3v) is 4.75. The number of phenolic OH excluding ortho intramolecular Hbond substituents is 1. The lowest BCUT2D eigenvalue weighted by Gasteiger charge is -2.28. The largest absolute Gasteiger partial charge is 0.508 e. The van der Waals surface area contributed by atoms with E-state index in [9.17, 15) is 5.11 Å². The van der Waals surface area contributed by atoms with E-state index in [1.165, 1.54) is 5.56 Å². The molecule has 0 radical (unpaired) electrons. The Bertz CT molecular complexity index is 712. The summed E-state index contributed by atoms with van der Waals surface area (Å²) in [5, 5.41) is 14.0. The number of para-hydroxylation sites is 1. The van der Waals surface area contributed by atoms with Crippen molar-refractivity contribution >= 4 is 23.0 Å². The fourth-order valence-corrected chi connectivity index (χ4v) is 3.20. The van der Waals surface area contributed by atoms with E-state index >= 15 is 0 Å². The first-order valence-electron chi connectivity index (χ1n) is 8.63. The number of anilines is 1. The molecule has 5 heteroatoms. The molecule has 4 nitrogen and oxygen atoms in total. The van der Waals surface area contributed by atoms with Crippen molar-refractivity contribution in [3.05, 3.63) is 59.7 Å². The summed E-state index contributed by atoms with van der Waals surface area (Å²) in [5.41, 5.74) is 3.03.